The van der Waals surface area contributed by atoms with E-state index in [4.69, 9.17) is 9.84 Å². The number of aliphatic hydroxyl groups excluding tert-OH is 1. The van der Waals surface area contributed by atoms with Gasteiger partial charge in [0.2, 0.25) is 0 Å². The number of aliphatic hydroxyl groups is 1. The van der Waals surface area contributed by atoms with Crippen molar-refractivity contribution in [3.05, 3.63) is 12.2 Å². The van der Waals surface area contributed by atoms with Gasteiger partial charge in [0.1, 0.15) is 0 Å². The second kappa shape index (κ2) is 7.53. The Kier molecular flexibility index (Phi) is 7.06. The van der Waals surface area contributed by atoms with Crippen LogP contribution in [0.4, 0.5) is 0 Å². The third kappa shape index (κ3) is 5.72. The number of rotatable bonds is 2. The molecule has 1 atom stereocenters. The minimum Gasteiger partial charge on any atom is -0.466 e. The molecule has 82 valence electrons. The summed E-state index contributed by atoms with van der Waals surface area (Å²) in [6, 6.07) is 0. The first-order valence-electron chi connectivity index (χ1n) is 4.58. The van der Waals surface area contributed by atoms with E-state index in [9.17, 15) is 4.79 Å². The first kappa shape index (κ1) is 13.1. The van der Waals surface area contributed by atoms with Crippen molar-refractivity contribution in [1.82, 2.24) is 0 Å². The van der Waals surface area contributed by atoms with Crippen molar-refractivity contribution < 1.29 is 19.4 Å². The highest BCUT2D eigenvalue weighted by molar-refractivity contribution is 5.86. The average Bonchev–Trinajstić information content (AvgIpc) is 2.69. The Morgan fingerprint density at radius 1 is 1.71 bits per heavy atom. The molecule has 1 aliphatic rings. The van der Waals surface area contributed by atoms with E-state index in [1.807, 2.05) is 0 Å². The van der Waals surface area contributed by atoms with Crippen molar-refractivity contribution in [2.45, 2.75) is 25.9 Å². The highest BCUT2D eigenvalue weighted by atomic mass is 16.5. The van der Waals surface area contributed by atoms with Gasteiger partial charge < -0.3 is 14.6 Å². The summed E-state index contributed by atoms with van der Waals surface area (Å²) < 4.78 is 9.33. The smallest absolute Gasteiger partial charge is 0.332 e. The molecule has 1 fully saturated rings. The lowest BCUT2D eigenvalue weighted by atomic mass is 10.2. The summed E-state index contributed by atoms with van der Waals surface area (Å²) in [6.45, 7) is 5.99. The van der Waals surface area contributed by atoms with Crippen LogP contribution in [0, 0.1) is 0 Å². The van der Waals surface area contributed by atoms with E-state index in [0.717, 1.165) is 19.4 Å². The first-order valence-corrected chi connectivity index (χ1v) is 4.58. The van der Waals surface area contributed by atoms with Gasteiger partial charge in [-0.05, 0) is 19.8 Å². The molecule has 1 unspecified atom stereocenters. The van der Waals surface area contributed by atoms with Gasteiger partial charge in [0.15, 0.2) is 0 Å². The van der Waals surface area contributed by atoms with E-state index in [1.165, 1.54) is 7.11 Å². The van der Waals surface area contributed by atoms with E-state index in [-0.39, 0.29) is 18.7 Å². The van der Waals surface area contributed by atoms with Crippen LogP contribution in [0.1, 0.15) is 19.8 Å². The van der Waals surface area contributed by atoms with Crippen molar-refractivity contribution in [2.24, 2.45) is 0 Å². The fraction of sp³-hybridized carbons (Fsp3) is 0.700. The Hall–Kier alpha value is -0.870. The van der Waals surface area contributed by atoms with E-state index in [1.54, 1.807) is 6.92 Å². The quantitative estimate of drug-likeness (QED) is 0.534. The van der Waals surface area contributed by atoms with Gasteiger partial charge in [0.25, 0.3) is 0 Å². The Bertz CT molecular complexity index is 183. The van der Waals surface area contributed by atoms with Gasteiger partial charge in [-0.2, -0.15) is 0 Å². The van der Waals surface area contributed by atoms with Crippen molar-refractivity contribution in [3.8, 4) is 0 Å². The lowest BCUT2D eigenvalue weighted by Gasteiger charge is -2.00. The van der Waals surface area contributed by atoms with Gasteiger partial charge in [-0.3, -0.25) is 0 Å². The SMILES string of the molecule is C=C(C)C(=O)OC.OCC1CCCO1. The molecule has 1 heterocycles. The highest BCUT2D eigenvalue weighted by Gasteiger charge is 2.12. The molecule has 0 amide bonds. The molecule has 0 saturated carbocycles. The third-order valence-electron chi connectivity index (χ3n) is 1.76. The van der Waals surface area contributed by atoms with Gasteiger partial charge in [-0.15, -0.1) is 0 Å². The number of esters is 1. The molecule has 0 spiro atoms. The lowest BCUT2D eigenvalue weighted by Crippen LogP contribution is -2.09. The monoisotopic (exact) mass is 202 g/mol. The third-order valence-corrected chi connectivity index (χ3v) is 1.76. The molecule has 0 aromatic rings. The normalized spacial score (nSPS) is 19.5. The summed E-state index contributed by atoms with van der Waals surface area (Å²) in [6.07, 6.45) is 2.31. The maximum atomic E-state index is 10.2. The minimum absolute atomic E-state index is 0.153. The minimum atomic E-state index is -0.347. The number of methoxy groups -OCH3 is 1. The Balaban J connectivity index is 0.000000241. The number of hydrogen-bond acceptors (Lipinski definition) is 4. The number of carbonyl (C=O) groups excluding carboxylic acids is 1. The van der Waals surface area contributed by atoms with Gasteiger partial charge in [-0.1, -0.05) is 6.58 Å². The summed E-state index contributed by atoms with van der Waals surface area (Å²) in [5, 5.41) is 8.44. The van der Waals surface area contributed by atoms with Crippen molar-refractivity contribution >= 4 is 5.97 Å². The van der Waals surface area contributed by atoms with Crippen LogP contribution < -0.4 is 0 Å². The van der Waals surface area contributed by atoms with E-state index >= 15 is 0 Å². The van der Waals surface area contributed by atoms with E-state index in [2.05, 4.69) is 11.3 Å². The molecular formula is C10H18O4. The van der Waals surface area contributed by atoms with Crippen molar-refractivity contribution in [3.63, 3.8) is 0 Å². The molecule has 0 radical (unpaired) electrons. The summed E-state index contributed by atoms with van der Waals surface area (Å²) in [4.78, 5) is 10.2. The molecule has 0 aromatic carbocycles. The second-order valence-corrected chi connectivity index (χ2v) is 3.09. The maximum Gasteiger partial charge on any atom is 0.332 e. The Labute approximate surface area is 84.5 Å². The molecule has 0 aliphatic carbocycles. The molecule has 0 aromatic heterocycles. The molecule has 4 heteroatoms. The first-order chi connectivity index (χ1) is 6.61. The fourth-order valence-corrected chi connectivity index (χ4v) is 0.963. The second-order valence-electron chi connectivity index (χ2n) is 3.09. The predicted molar refractivity (Wildman–Crippen MR) is 52.9 cm³/mol. The molecule has 1 aliphatic heterocycles. The maximum absolute atomic E-state index is 10.2. The Morgan fingerprint density at radius 2 is 2.36 bits per heavy atom. The van der Waals surface area contributed by atoms with Crippen LogP contribution in [0.3, 0.4) is 0 Å². The van der Waals surface area contributed by atoms with E-state index < -0.39 is 0 Å². The summed E-state index contributed by atoms with van der Waals surface area (Å²) in [5.74, 6) is -0.347. The molecule has 14 heavy (non-hydrogen) atoms. The highest BCUT2D eigenvalue weighted by Crippen LogP contribution is 2.09. The van der Waals surface area contributed by atoms with Gasteiger partial charge in [0.05, 0.1) is 19.8 Å². The standard InChI is InChI=1S/C5H10O2.C5H8O2/c6-4-5-2-1-3-7-5;1-4(2)5(6)7-3/h5-6H,1-4H2;1H2,2-3H3. The predicted octanol–water partition coefficient (Wildman–Crippen LogP) is 0.893. The molecule has 1 saturated heterocycles. The topological polar surface area (TPSA) is 55.8 Å². The van der Waals surface area contributed by atoms with Crippen LogP contribution in [-0.4, -0.2) is 37.5 Å². The summed E-state index contributed by atoms with van der Waals surface area (Å²) in [5.41, 5.74) is 0.433. The number of hydrogen-bond donors (Lipinski definition) is 1. The van der Waals surface area contributed by atoms with Crippen LogP contribution >= 0.6 is 0 Å². The zero-order valence-electron chi connectivity index (χ0n) is 8.78. The van der Waals surface area contributed by atoms with Gasteiger partial charge in [-0.25, -0.2) is 4.79 Å². The molecule has 4 nitrogen and oxygen atoms in total. The van der Waals surface area contributed by atoms with Crippen LogP contribution in [-0.2, 0) is 14.3 Å². The molecule has 1 N–H and O–H groups in total. The van der Waals surface area contributed by atoms with Crippen LogP contribution in [0.2, 0.25) is 0 Å². The molecule has 1 rings (SSSR count). The zero-order chi connectivity index (χ0) is 11.0. The van der Waals surface area contributed by atoms with Crippen LogP contribution in [0.5, 0.6) is 0 Å². The van der Waals surface area contributed by atoms with Gasteiger partial charge >= 0.3 is 5.97 Å². The average molecular weight is 202 g/mol. The Morgan fingerprint density at radius 3 is 2.50 bits per heavy atom. The molecular weight excluding hydrogens is 184 g/mol. The van der Waals surface area contributed by atoms with Gasteiger partial charge in [0, 0.05) is 12.2 Å². The van der Waals surface area contributed by atoms with Crippen molar-refractivity contribution in [2.75, 3.05) is 20.3 Å². The lowest BCUT2D eigenvalue weighted by molar-refractivity contribution is -0.136. The summed E-state index contributed by atoms with van der Waals surface area (Å²) >= 11 is 0. The zero-order valence-corrected chi connectivity index (χ0v) is 8.78. The van der Waals surface area contributed by atoms with E-state index in [0.29, 0.717) is 5.57 Å². The number of carbonyl (C=O) groups is 1. The fourth-order valence-electron chi connectivity index (χ4n) is 0.963. The molecule has 0 bridgehead atoms. The van der Waals surface area contributed by atoms with Crippen molar-refractivity contribution in [1.29, 1.82) is 0 Å². The van der Waals surface area contributed by atoms with Crippen LogP contribution in [0.15, 0.2) is 12.2 Å². The summed E-state index contributed by atoms with van der Waals surface area (Å²) in [7, 11) is 1.33. The number of ether oxygens (including phenoxy) is 2. The largest absolute Gasteiger partial charge is 0.466 e. The van der Waals surface area contributed by atoms with Crippen LogP contribution in [0.25, 0.3) is 0 Å².